The Kier molecular flexibility index (Phi) is 7.23. The van der Waals surface area contributed by atoms with Gasteiger partial charge in [-0.05, 0) is 103 Å². The van der Waals surface area contributed by atoms with E-state index in [-0.39, 0.29) is 41.0 Å². The van der Waals surface area contributed by atoms with Gasteiger partial charge in [-0.25, -0.2) is 0 Å². The van der Waals surface area contributed by atoms with Gasteiger partial charge in [0, 0.05) is 5.41 Å². The molecule has 4 heteroatoms. The fourth-order valence-corrected chi connectivity index (χ4v) is 8.60. The maximum Gasteiger partial charge on any atom is 0.319 e. The van der Waals surface area contributed by atoms with Gasteiger partial charge in [-0.3, -0.25) is 4.79 Å². The predicted octanol–water partition coefficient (Wildman–Crippen LogP) is 6.49. The lowest BCUT2D eigenvalue weighted by molar-refractivity contribution is -0.168. The first-order chi connectivity index (χ1) is 16.4. The average molecular weight is 484 g/mol. The quantitative estimate of drug-likeness (QED) is 0.321. The lowest BCUT2D eigenvalue weighted by atomic mass is 9.46. The summed E-state index contributed by atoms with van der Waals surface area (Å²) < 4.78 is 5.82. The second-order valence-corrected chi connectivity index (χ2v) is 13.3. The Hall–Kier alpha value is -1.39. The van der Waals surface area contributed by atoms with E-state index in [1.54, 1.807) is 5.57 Å². The molecule has 6 atom stereocenters. The van der Waals surface area contributed by atoms with E-state index in [9.17, 15) is 9.90 Å². The van der Waals surface area contributed by atoms with Crippen LogP contribution >= 0.6 is 0 Å². The van der Waals surface area contributed by atoms with Crippen molar-refractivity contribution in [1.29, 1.82) is 0 Å². The van der Waals surface area contributed by atoms with E-state index < -0.39 is 0 Å². The smallest absolute Gasteiger partial charge is 0.319 e. The number of allylic oxidation sites excluding steroid dienone is 4. The number of rotatable bonds is 7. The summed E-state index contributed by atoms with van der Waals surface area (Å²) in [6, 6.07) is 0. The minimum Gasteiger partial charge on any atom is -0.461 e. The molecule has 0 heterocycles. The summed E-state index contributed by atoms with van der Waals surface area (Å²) >= 11 is 0. The van der Waals surface area contributed by atoms with E-state index in [1.807, 2.05) is 0 Å². The largest absolute Gasteiger partial charge is 0.461 e. The summed E-state index contributed by atoms with van der Waals surface area (Å²) in [6.45, 7) is 18.0. The van der Waals surface area contributed by atoms with Crippen LogP contribution in [0.1, 0.15) is 99.3 Å². The maximum absolute atomic E-state index is 12.0. The lowest BCUT2D eigenvalue weighted by Crippen LogP contribution is -2.56. The first-order valence-electron chi connectivity index (χ1n) is 14.1. The molecule has 35 heavy (non-hydrogen) atoms. The lowest BCUT2D eigenvalue weighted by Gasteiger charge is -2.60. The van der Waals surface area contributed by atoms with Gasteiger partial charge >= 0.3 is 5.97 Å². The van der Waals surface area contributed by atoms with E-state index >= 15 is 0 Å². The number of esters is 1. The maximum atomic E-state index is 12.0. The highest BCUT2D eigenvalue weighted by Gasteiger charge is 2.60. The highest BCUT2D eigenvalue weighted by atomic mass is 16.5. The van der Waals surface area contributed by atoms with Gasteiger partial charge in [-0.1, -0.05) is 59.8 Å². The van der Waals surface area contributed by atoms with Gasteiger partial charge in [0.2, 0.25) is 0 Å². The average Bonchev–Trinajstić information content (AvgIpc) is 3.10. The first-order valence-corrected chi connectivity index (χ1v) is 14.1. The van der Waals surface area contributed by atoms with Crippen LogP contribution in [0.3, 0.4) is 0 Å². The van der Waals surface area contributed by atoms with Gasteiger partial charge in [0.05, 0.1) is 12.6 Å². The molecule has 0 aromatic rings. The van der Waals surface area contributed by atoms with Crippen LogP contribution in [0.4, 0.5) is 0 Å². The Balaban J connectivity index is 1.58. The number of aliphatic hydroxyl groups is 1. The summed E-state index contributed by atoms with van der Waals surface area (Å²) in [4.78, 5) is 12.0. The number of aliphatic hydroxyl groups excluding tert-OH is 1. The molecule has 196 valence electrons. The number of fused-ring (bicyclic) bond motifs is 4. The van der Waals surface area contributed by atoms with E-state index in [0.29, 0.717) is 17.8 Å². The normalized spacial score (nSPS) is 37.9. The number of hydrogen-bond acceptors (Lipinski definition) is 4. The third-order valence-electron chi connectivity index (χ3n) is 10.8. The second-order valence-electron chi connectivity index (χ2n) is 13.3. The Morgan fingerprint density at radius 3 is 2.60 bits per heavy atom. The molecule has 4 aliphatic rings. The minimum atomic E-state index is -0.384. The standard InChI is InChI=1S/C31H49NO3/c1-19(2)20(3)9-8-10-21-11-13-23-22-12-14-25-29(4,5)26(35-27(34)18-32)15-16-30(25,6)28(22)24(33)17-31(21,23)7/h13,19,21,24-26,33H,3,8-12,14-18,32H2,1-2,4-7H3/t21-,24?,25?,26-,30?,31?/m0/s1. The topological polar surface area (TPSA) is 72.5 Å². The minimum absolute atomic E-state index is 0.0582. The Morgan fingerprint density at radius 2 is 1.94 bits per heavy atom. The highest BCUT2D eigenvalue weighted by molar-refractivity contribution is 5.71. The monoisotopic (exact) mass is 483 g/mol. The molecule has 1 saturated carbocycles. The molecule has 4 unspecified atom stereocenters. The van der Waals surface area contributed by atoms with Crippen molar-refractivity contribution >= 4 is 5.97 Å². The summed E-state index contributed by atoms with van der Waals surface area (Å²) in [6.07, 6.45) is 11.4. The van der Waals surface area contributed by atoms with Crippen molar-refractivity contribution in [3.63, 3.8) is 0 Å². The molecule has 4 aliphatic carbocycles. The van der Waals surface area contributed by atoms with Crippen LogP contribution in [0.5, 0.6) is 0 Å². The third kappa shape index (κ3) is 4.37. The molecule has 0 aromatic heterocycles. The van der Waals surface area contributed by atoms with Gasteiger partial charge in [0.15, 0.2) is 0 Å². The molecule has 0 saturated heterocycles. The third-order valence-corrected chi connectivity index (χ3v) is 10.8. The first kappa shape index (κ1) is 26.7. The molecule has 0 aliphatic heterocycles. The molecular formula is C31H49NO3. The van der Waals surface area contributed by atoms with Gasteiger partial charge in [-0.15, -0.1) is 0 Å². The predicted molar refractivity (Wildman–Crippen MR) is 143 cm³/mol. The van der Waals surface area contributed by atoms with E-state index in [2.05, 4.69) is 54.2 Å². The van der Waals surface area contributed by atoms with Crippen LogP contribution in [-0.2, 0) is 9.53 Å². The Morgan fingerprint density at radius 1 is 1.23 bits per heavy atom. The van der Waals surface area contributed by atoms with Crippen LogP contribution in [0.15, 0.2) is 34.9 Å². The molecule has 3 N–H and O–H groups in total. The second kappa shape index (κ2) is 9.49. The number of carbonyl (C=O) groups is 1. The molecule has 0 radical (unpaired) electrons. The molecular weight excluding hydrogens is 434 g/mol. The van der Waals surface area contributed by atoms with Crippen LogP contribution in [-0.4, -0.2) is 29.8 Å². The molecule has 0 spiro atoms. The summed E-state index contributed by atoms with van der Waals surface area (Å²) in [5, 5.41) is 11.7. The number of hydrogen-bond donors (Lipinski definition) is 2. The van der Waals surface area contributed by atoms with Crippen molar-refractivity contribution < 1.29 is 14.6 Å². The molecule has 4 nitrogen and oxygen atoms in total. The SMILES string of the molecule is C=C(CCC[C@H]1CC=C2C3=C(C(O)CC21C)C1(C)CC[C@H](OC(=O)CN)C(C)(C)C1CC3)C(C)C. The van der Waals surface area contributed by atoms with Crippen LogP contribution in [0.2, 0.25) is 0 Å². The van der Waals surface area contributed by atoms with Gasteiger partial charge in [0.1, 0.15) is 6.10 Å². The van der Waals surface area contributed by atoms with E-state index in [4.69, 9.17) is 10.5 Å². The van der Waals surface area contributed by atoms with E-state index in [0.717, 1.165) is 44.9 Å². The zero-order chi connectivity index (χ0) is 25.8. The van der Waals surface area contributed by atoms with Crippen molar-refractivity contribution in [3.05, 3.63) is 34.9 Å². The fraction of sp³-hybridized carbons (Fsp3) is 0.774. The zero-order valence-corrected chi connectivity index (χ0v) is 23.1. The summed E-state index contributed by atoms with van der Waals surface area (Å²) in [5.41, 5.74) is 11.1. The van der Waals surface area contributed by atoms with Crippen molar-refractivity contribution in [2.75, 3.05) is 6.54 Å². The van der Waals surface area contributed by atoms with Crippen LogP contribution in [0.25, 0.3) is 0 Å². The molecule has 0 amide bonds. The summed E-state index contributed by atoms with van der Waals surface area (Å²) in [5.74, 6) is 1.22. The molecule has 0 bridgehead atoms. The summed E-state index contributed by atoms with van der Waals surface area (Å²) in [7, 11) is 0. The zero-order valence-electron chi connectivity index (χ0n) is 23.1. The molecule has 1 fully saturated rings. The van der Waals surface area contributed by atoms with Crippen molar-refractivity contribution in [3.8, 4) is 0 Å². The fourth-order valence-electron chi connectivity index (χ4n) is 8.60. The van der Waals surface area contributed by atoms with Gasteiger partial charge < -0.3 is 15.6 Å². The van der Waals surface area contributed by atoms with Crippen molar-refractivity contribution in [2.24, 2.45) is 39.7 Å². The highest BCUT2D eigenvalue weighted by Crippen LogP contribution is 2.66. The molecule has 4 rings (SSSR count). The van der Waals surface area contributed by atoms with Crippen molar-refractivity contribution in [1.82, 2.24) is 0 Å². The number of carbonyl (C=O) groups excluding carboxylic acids is 1. The number of nitrogens with two attached hydrogens (primary N) is 1. The Bertz CT molecular complexity index is 928. The van der Waals surface area contributed by atoms with Crippen LogP contribution < -0.4 is 5.73 Å². The van der Waals surface area contributed by atoms with Crippen molar-refractivity contribution in [2.45, 2.75) is 112 Å². The molecule has 0 aromatic carbocycles. The van der Waals surface area contributed by atoms with E-state index in [1.165, 1.54) is 29.6 Å². The van der Waals surface area contributed by atoms with Gasteiger partial charge in [-0.2, -0.15) is 0 Å². The van der Waals surface area contributed by atoms with Crippen LogP contribution in [0, 0.1) is 34.0 Å². The van der Waals surface area contributed by atoms with Gasteiger partial charge in [0.25, 0.3) is 0 Å². The number of ether oxygens (including phenoxy) is 1. The Labute approximate surface area is 213 Å².